The number of sulfone groups is 1. The second-order valence-corrected chi connectivity index (χ2v) is 7.48. The van der Waals surface area contributed by atoms with E-state index in [1.54, 1.807) is 0 Å². The molecule has 1 heterocycles. The van der Waals surface area contributed by atoms with Crippen LogP contribution >= 0.6 is 0 Å². The third-order valence-electron chi connectivity index (χ3n) is 3.30. The number of carbonyl (C=O) groups is 1. The van der Waals surface area contributed by atoms with Gasteiger partial charge in [0.15, 0.2) is 16.4 Å². The molecule has 0 aromatic heterocycles. The third-order valence-corrected chi connectivity index (χ3v) is 4.91. The quantitative estimate of drug-likeness (QED) is 0.509. The lowest BCUT2D eigenvalue weighted by Crippen LogP contribution is -2.54. The average Bonchev–Trinajstić information content (AvgIpc) is 2.42. The van der Waals surface area contributed by atoms with Crippen molar-refractivity contribution in [3.63, 3.8) is 0 Å². The van der Waals surface area contributed by atoms with E-state index >= 15 is 0 Å². The Kier molecular flexibility index (Phi) is 6.12. The number of rotatable bonds is 6. The van der Waals surface area contributed by atoms with Crippen LogP contribution in [-0.4, -0.2) is 75.1 Å². The molecule has 1 fully saturated rings. The monoisotopic (exact) mass is 389 g/mol. The van der Waals surface area contributed by atoms with Gasteiger partial charge in [-0.05, 0) is 0 Å². The Morgan fingerprint density at radius 3 is 1.96 bits per heavy atom. The minimum absolute atomic E-state index is 0.0877. The molecule has 0 amide bonds. The summed E-state index contributed by atoms with van der Waals surface area (Å²) in [6.45, 7) is -2.31. The lowest BCUT2D eigenvalue weighted by Gasteiger charge is -2.28. The smallest absolute Gasteiger partial charge is 0.459 e. The molecule has 142 valence electrons. The Labute approximate surface area is 132 Å². The standard InChI is InChI=1S/C11H14F7NO4S/c12-9(13,10(14,15)11(16,17)18)7-23-8(20)1-2-19-3-5-24(21,22)6-4-19/h1-7H2. The minimum Gasteiger partial charge on any atom is -0.459 e. The zero-order valence-corrected chi connectivity index (χ0v) is 12.9. The lowest BCUT2D eigenvalue weighted by atomic mass is 10.2. The first kappa shape index (κ1) is 20.9. The largest absolute Gasteiger partial charge is 0.460 e. The molecule has 1 aliphatic heterocycles. The van der Waals surface area contributed by atoms with Gasteiger partial charge in [0.25, 0.3) is 0 Å². The fourth-order valence-electron chi connectivity index (χ4n) is 1.76. The SMILES string of the molecule is O=C(CCN1CCS(=O)(=O)CC1)OCC(F)(F)C(F)(F)C(F)(F)F. The zero-order chi connectivity index (χ0) is 18.8. The molecule has 24 heavy (non-hydrogen) atoms. The second kappa shape index (κ2) is 7.02. The first-order valence-electron chi connectivity index (χ1n) is 6.59. The number of carbonyl (C=O) groups excluding carboxylic acids is 1. The highest BCUT2D eigenvalue weighted by atomic mass is 32.2. The molecule has 0 aromatic rings. The van der Waals surface area contributed by atoms with Crippen LogP contribution in [-0.2, 0) is 19.4 Å². The lowest BCUT2D eigenvalue weighted by molar-refractivity contribution is -0.359. The van der Waals surface area contributed by atoms with E-state index in [2.05, 4.69) is 4.74 Å². The molecule has 0 atom stereocenters. The number of alkyl halides is 7. The topological polar surface area (TPSA) is 63.7 Å². The van der Waals surface area contributed by atoms with Crippen molar-refractivity contribution in [1.29, 1.82) is 0 Å². The van der Waals surface area contributed by atoms with Crippen molar-refractivity contribution in [3.05, 3.63) is 0 Å². The van der Waals surface area contributed by atoms with Crippen LogP contribution in [0.15, 0.2) is 0 Å². The number of nitrogens with zero attached hydrogens (tertiary/aromatic N) is 1. The molecule has 0 aromatic carbocycles. The van der Waals surface area contributed by atoms with Crippen LogP contribution in [0.3, 0.4) is 0 Å². The van der Waals surface area contributed by atoms with Crippen LogP contribution in [0, 0.1) is 0 Å². The summed E-state index contributed by atoms with van der Waals surface area (Å²) < 4.78 is 113. The molecule has 1 rings (SSSR count). The summed E-state index contributed by atoms with van der Waals surface area (Å²) in [5.41, 5.74) is 0. The summed E-state index contributed by atoms with van der Waals surface area (Å²) in [7, 11) is -3.16. The van der Waals surface area contributed by atoms with Crippen molar-refractivity contribution in [3.8, 4) is 0 Å². The number of halogens is 7. The van der Waals surface area contributed by atoms with Crippen LogP contribution in [0.5, 0.6) is 0 Å². The average molecular weight is 389 g/mol. The van der Waals surface area contributed by atoms with Crippen LogP contribution in [0.25, 0.3) is 0 Å². The molecule has 0 N–H and O–H groups in total. The van der Waals surface area contributed by atoms with Crippen molar-refractivity contribution in [2.75, 3.05) is 37.7 Å². The Bertz CT molecular complexity index is 547. The van der Waals surface area contributed by atoms with Crippen LogP contribution in [0.2, 0.25) is 0 Å². The molecule has 13 heteroatoms. The summed E-state index contributed by atoms with van der Waals surface area (Å²) in [6.07, 6.45) is -7.03. The van der Waals surface area contributed by atoms with Crippen molar-refractivity contribution in [2.45, 2.75) is 24.4 Å². The Morgan fingerprint density at radius 1 is 1.00 bits per heavy atom. The fraction of sp³-hybridized carbons (Fsp3) is 0.909. The number of ether oxygens (including phenoxy) is 1. The third kappa shape index (κ3) is 5.19. The van der Waals surface area contributed by atoms with Crippen LogP contribution in [0.4, 0.5) is 30.7 Å². The highest BCUT2D eigenvalue weighted by Crippen LogP contribution is 2.46. The zero-order valence-electron chi connectivity index (χ0n) is 12.1. The van der Waals surface area contributed by atoms with Gasteiger partial charge in [-0.15, -0.1) is 0 Å². The maximum absolute atomic E-state index is 12.9. The van der Waals surface area contributed by atoms with E-state index in [1.807, 2.05) is 0 Å². The van der Waals surface area contributed by atoms with Gasteiger partial charge in [0.05, 0.1) is 17.9 Å². The van der Waals surface area contributed by atoms with Crippen LogP contribution < -0.4 is 0 Å². The van der Waals surface area contributed by atoms with Crippen molar-refractivity contribution >= 4 is 15.8 Å². The normalized spacial score (nSPS) is 20.0. The highest BCUT2D eigenvalue weighted by Gasteiger charge is 2.73. The summed E-state index contributed by atoms with van der Waals surface area (Å²) in [5, 5.41) is 0. The van der Waals surface area contributed by atoms with E-state index in [-0.39, 0.29) is 31.1 Å². The first-order valence-corrected chi connectivity index (χ1v) is 8.41. The highest BCUT2D eigenvalue weighted by molar-refractivity contribution is 7.91. The Morgan fingerprint density at radius 2 is 1.50 bits per heavy atom. The summed E-state index contributed by atoms with van der Waals surface area (Å²) >= 11 is 0. The van der Waals surface area contributed by atoms with Gasteiger partial charge in [-0.3, -0.25) is 4.79 Å². The van der Waals surface area contributed by atoms with E-state index in [9.17, 15) is 43.9 Å². The second-order valence-electron chi connectivity index (χ2n) is 5.18. The van der Waals surface area contributed by atoms with Crippen molar-refractivity contribution < 1.29 is 48.7 Å². The van der Waals surface area contributed by atoms with Gasteiger partial charge >= 0.3 is 24.0 Å². The number of hydrogen-bond donors (Lipinski definition) is 0. The van der Waals surface area contributed by atoms with Crippen LogP contribution in [0.1, 0.15) is 6.42 Å². The maximum atomic E-state index is 12.9. The fourth-order valence-corrected chi connectivity index (χ4v) is 3.04. The van der Waals surface area contributed by atoms with Crippen molar-refractivity contribution in [1.82, 2.24) is 4.90 Å². The molecule has 0 spiro atoms. The molecular weight excluding hydrogens is 375 g/mol. The molecule has 1 aliphatic rings. The molecule has 0 bridgehead atoms. The molecule has 1 saturated heterocycles. The molecule has 5 nitrogen and oxygen atoms in total. The van der Waals surface area contributed by atoms with E-state index < -0.39 is 46.9 Å². The van der Waals surface area contributed by atoms with Gasteiger partial charge in [-0.25, -0.2) is 8.42 Å². The summed E-state index contributed by atoms with van der Waals surface area (Å²) in [4.78, 5) is 12.7. The number of hydrogen-bond acceptors (Lipinski definition) is 5. The Hall–Kier alpha value is -1.11. The first-order chi connectivity index (χ1) is 10.7. The van der Waals surface area contributed by atoms with E-state index in [0.717, 1.165) is 0 Å². The van der Waals surface area contributed by atoms with Crippen molar-refractivity contribution in [2.24, 2.45) is 0 Å². The minimum atomic E-state index is -6.48. The predicted octanol–water partition coefficient (Wildman–Crippen LogP) is 1.48. The molecule has 0 unspecified atom stereocenters. The van der Waals surface area contributed by atoms with Gasteiger partial charge in [-0.2, -0.15) is 30.7 Å². The Balaban J connectivity index is 2.43. The predicted molar refractivity (Wildman–Crippen MR) is 66.6 cm³/mol. The maximum Gasteiger partial charge on any atom is 0.460 e. The van der Waals surface area contributed by atoms with Gasteiger partial charge in [0, 0.05) is 19.6 Å². The van der Waals surface area contributed by atoms with Gasteiger partial charge in [0.2, 0.25) is 0 Å². The number of esters is 1. The molecular formula is C11H14F7NO4S. The van der Waals surface area contributed by atoms with E-state index in [0.29, 0.717) is 0 Å². The summed E-state index contributed by atoms with van der Waals surface area (Å²) in [6, 6.07) is 0. The van der Waals surface area contributed by atoms with E-state index in [1.165, 1.54) is 4.90 Å². The van der Waals surface area contributed by atoms with E-state index in [4.69, 9.17) is 0 Å². The molecule has 0 saturated carbocycles. The molecule has 0 aliphatic carbocycles. The molecule has 0 radical (unpaired) electrons. The van der Waals surface area contributed by atoms with Gasteiger partial charge in [-0.1, -0.05) is 0 Å². The van der Waals surface area contributed by atoms with Gasteiger partial charge in [0.1, 0.15) is 0 Å². The summed E-state index contributed by atoms with van der Waals surface area (Å²) in [5.74, 6) is -13.6. The van der Waals surface area contributed by atoms with Gasteiger partial charge < -0.3 is 9.64 Å².